The van der Waals surface area contributed by atoms with Gasteiger partial charge in [-0.2, -0.15) is 0 Å². The van der Waals surface area contributed by atoms with Gasteiger partial charge in [0.05, 0.1) is 22.7 Å². The van der Waals surface area contributed by atoms with Gasteiger partial charge < -0.3 is 9.64 Å². The Bertz CT molecular complexity index is 1450. The second-order valence-corrected chi connectivity index (χ2v) is 9.88. The van der Waals surface area contributed by atoms with Gasteiger partial charge in [0.1, 0.15) is 12.3 Å². The van der Waals surface area contributed by atoms with E-state index in [0.717, 1.165) is 16.3 Å². The van der Waals surface area contributed by atoms with Crippen LogP contribution in [0.1, 0.15) is 21.7 Å². The molecule has 2 aliphatic rings. The Kier molecular flexibility index (Phi) is 4.59. The number of hydrogen-bond acceptors (Lipinski definition) is 8. The molecule has 0 atom stereocenters. The van der Waals surface area contributed by atoms with Crippen molar-refractivity contribution in [2.45, 2.75) is 18.4 Å². The number of thioether (sulfide) groups is 1. The first-order valence-electron chi connectivity index (χ1n) is 9.38. The molecule has 3 aromatic rings. The molecule has 5 rings (SSSR count). The van der Waals surface area contributed by atoms with E-state index in [9.17, 15) is 18.0 Å². The van der Waals surface area contributed by atoms with Crippen molar-refractivity contribution in [3.63, 3.8) is 0 Å². The second-order valence-electron chi connectivity index (χ2n) is 7.12. The maximum Gasteiger partial charge on any atom is 0.338 e. The molecule has 0 bridgehead atoms. The van der Waals surface area contributed by atoms with E-state index in [0.29, 0.717) is 28.6 Å². The van der Waals surface area contributed by atoms with Crippen LogP contribution in [0.4, 0.5) is 5.69 Å². The number of fused-ring (bicyclic) bond motifs is 4. The number of anilines is 1. The van der Waals surface area contributed by atoms with Crippen LogP contribution in [0.15, 0.2) is 56.6 Å². The first kappa shape index (κ1) is 19.8. The number of amidine groups is 1. The van der Waals surface area contributed by atoms with Crippen LogP contribution in [0.5, 0.6) is 0 Å². The fraction of sp³-hybridized carbons (Fsp3) is 0.200. The third kappa shape index (κ3) is 3.59. The van der Waals surface area contributed by atoms with Crippen molar-refractivity contribution < 1.29 is 17.9 Å². The molecule has 0 saturated carbocycles. The lowest BCUT2D eigenvalue weighted by Crippen LogP contribution is -2.35. The number of sulfonamides is 1. The zero-order valence-electron chi connectivity index (χ0n) is 16.3. The zero-order chi connectivity index (χ0) is 21.8. The molecule has 0 saturated heterocycles. The normalized spacial score (nSPS) is 16.5. The van der Waals surface area contributed by atoms with E-state index in [1.165, 1.54) is 22.2 Å². The molecule has 2 aromatic heterocycles. The van der Waals surface area contributed by atoms with Crippen LogP contribution in [0.2, 0.25) is 0 Å². The summed E-state index contributed by atoms with van der Waals surface area (Å²) < 4.78 is 34.1. The van der Waals surface area contributed by atoms with Gasteiger partial charge in [-0.3, -0.25) is 9.20 Å². The lowest BCUT2D eigenvalue weighted by atomic mass is 10.2. The second kappa shape index (κ2) is 7.20. The summed E-state index contributed by atoms with van der Waals surface area (Å²) in [5, 5.41) is 0.392. The molecule has 0 unspecified atom stereocenters. The van der Waals surface area contributed by atoms with Crippen molar-refractivity contribution in [1.29, 1.82) is 0 Å². The van der Waals surface area contributed by atoms with Crippen molar-refractivity contribution >= 4 is 44.3 Å². The van der Waals surface area contributed by atoms with Crippen LogP contribution in [0.25, 0.3) is 5.65 Å². The van der Waals surface area contributed by atoms with Crippen molar-refractivity contribution in [2.24, 2.45) is 4.40 Å². The molecule has 0 N–H and O–H groups in total. The van der Waals surface area contributed by atoms with Crippen LogP contribution in [-0.4, -0.2) is 41.2 Å². The first-order valence-corrected chi connectivity index (χ1v) is 11.8. The molecule has 11 heteroatoms. The number of nitrogens with zero attached hydrogens (tertiary/aromatic N) is 4. The number of aromatic nitrogens is 2. The molecular formula is C20H16N4O5S2. The first-order chi connectivity index (χ1) is 14.8. The number of carbonyl (C=O) groups is 1. The summed E-state index contributed by atoms with van der Waals surface area (Å²) >= 11 is 1.21. The van der Waals surface area contributed by atoms with E-state index in [-0.39, 0.29) is 17.9 Å². The Hall–Kier alpha value is -3.18. The predicted octanol–water partition coefficient (Wildman–Crippen LogP) is 1.97. The quantitative estimate of drug-likeness (QED) is 0.550. The molecule has 1 aromatic carbocycles. The molecule has 0 aliphatic carbocycles. The van der Waals surface area contributed by atoms with Crippen molar-refractivity contribution in [1.82, 2.24) is 9.38 Å². The number of rotatable bonds is 3. The van der Waals surface area contributed by atoms with Crippen LogP contribution in [-0.2, 0) is 21.4 Å². The molecule has 0 spiro atoms. The summed E-state index contributed by atoms with van der Waals surface area (Å²) in [5.41, 5.74) is 2.51. The van der Waals surface area contributed by atoms with Gasteiger partial charge in [0.15, 0.2) is 5.17 Å². The van der Waals surface area contributed by atoms with Crippen molar-refractivity contribution in [3.8, 4) is 0 Å². The number of aryl methyl sites for hydroxylation is 1. The van der Waals surface area contributed by atoms with E-state index >= 15 is 0 Å². The average Bonchev–Trinajstić information content (AvgIpc) is 3.07. The lowest BCUT2D eigenvalue weighted by Gasteiger charge is -2.22. The van der Waals surface area contributed by atoms with E-state index in [1.807, 2.05) is 17.9 Å². The SMILES string of the molecule is Cc1cccc2nc(COC(=O)c3ccc4c(c3)SC3=NS(=O)(=O)CCN34)cc(=O)n12. The minimum absolute atomic E-state index is 0.0431. The van der Waals surface area contributed by atoms with E-state index in [2.05, 4.69) is 9.38 Å². The van der Waals surface area contributed by atoms with Gasteiger partial charge in [0, 0.05) is 23.2 Å². The van der Waals surface area contributed by atoms with Gasteiger partial charge in [-0.25, -0.2) is 18.2 Å². The number of ether oxygens (including phenoxy) is 1. The zero-order valence-corrected chi connectivity index (χ0v) is 17.9. The fourth-order valence-electron chi connectivity index (χ4n) is 3.52. The maximum atomic E-state index is 12.6. The summed E-state index contributed by atoms with van der Waals surface area (Å²) in [7, 11) is -3.44. The Balaban J connectivity index is 1.35. The maximum absolute atomic E-state index is 12.6. The third-order valence-electron chi connectivity index (χ3n) is 4.99. The lowest BCUT2D eigenvalue weighted by molar-refractivity contribution is 0.0467. The van der Waals surface area contributed by atoms with Gasteiger partial charge in [-0.1, -0.05) is 6.07 Å². The number of carbonyl (C=O) groups excluding carboxylic acids is 1. The highest BCUT2D eigenvalue weighted by molar-refractivity contribution is 8.15. The molecule has 0 fully saturated rings. The van der Waals surface area contributed by atoms with E-state index in [4.69, 9.17) is 4.74 Å². The van der Waals surface area contributed by atoms with E-state index < -0.39 is 16.0 Å². The highest BCUT2D eigenvalue weighted by Crippen LogP contribution is 2.42. The Morgan fingerprint density at radius 2 is 2.06 bits per heavy atom. The highest BCUT2D eigenvalue weighted by atomic mass is 32.2. The third-order valence-corrected chi connectivity index (χ3v) is 7.30. The van der Waals surface area contributed by atoms with Crippen LogP contribution in [0, 0.1) is 6.92 Å². The number of benzene rings is 1. The van der Waals surface area contributed by atoms with Crippen LogP contribution in [0.3, 0.4) is 0 Å². The Labute approximate surface area is 181 Å². The van der Waals surface area contributed by atoms with Crippen LogP contribution >= 0.6 is 11.8 Å². The monoisotopic (exact) mass is 456 g/mol. The smallest absolute Gasteiger partial charge is 0.338 e. The summed E-state index contributed by atoms with van der Waals surface area (Å²) in [6, 6.07) is 11.7. The standard InChI is InChI=1S/C20H16N4O5S2/c1-12-3-2-4-17-21-14(10-18(25)24(12)17)11-29-19(26)13-5-6-15-16(9-13)30-20-22-31(27,28)8-7-23(15)20/h2-6,9-10H,7-8,11H2,1H3. The Morgan fingerprint density at radius 1 is 1.23 bits per heavy atom. The molecule has 9 nitrogen and oxygen atoms in total. The molecular weight excluding hydrogens is 440 g/mol. The number of hydrogen-bond donors (Lipinski definition) is 0. The molecule has 0 amide bonds. The minimum atomic E-state index is -3.44. The van der Waals surface area contributed by atoms with Gasteiger partial charge in [-0.15, -0.1) is 4.40 Å². The highest BCUT2D eigenvalue weighted by Gasteiger charge is 2.33. The fourth-order valence-corrected chi connectivity index (χ4v) is 5.81. The minimum Gasteiger partial charge on any atom is -0.456 e. The largest absolute Gasteiger partial charge is 0.456 e. The molecule has 2 aliphatic heterocycles. The van der Waals surface area contributed by atoms with Gasteiger partial charge in [0.25, 0.3) is 15.6 Å². The van der Waals surface area contributed by atoms with Crippen LogP contribution < -0.4 is 10.5 Å². The van der Waals surface area contributed by atoms with Crippen molar-refractivity contribution in [2.75, 3.05) is 17.2 Å². The van der Waals surface area contributed by atoms with Gasteiger partial charge >= 0.3 is 5.97 Å². The Morgan fingerprint density at radius 3 is 2.90 bits per heavy atom. The summed E-state index contributed by atoms with van der Waals surface area (Å²) in [4.78, 5) is 31.9. The number of pyridine rings is 1. The molecule has 31 heavy (non-hydrogen) atoms. The summed E-state index contributed by atoms with van der Waals surface area (Å²) in [6.45, 7) is 2.00. The molecule has 0 radical (unpaired) electrons. The number of esters is 1. The van der Waals surface area contributed by atoms with Gasteiger partial charge in [0.2, 0.25) is 0 Å². The summed E-state index contributed by atoms with van der Waals surface area (Å²) in [6.07, 6.45) is 0. The van der Waals surface area contributed by atoms with Crippen molar-refractivity contribution in [3.05, 3.63) is 69.8 Å². The topological polar surface area (TPSA) is 110 Å². The molecule has 158 valence electrons. The average molecular weight is 457 g/mol. The predicted molar refractivity (Wildman–Crippen MR) is 116 cm³/mol. The molecule has 4 heterocycles. The summed E-state index contributed by atoms with van der Waals surface area (Å²) in [5.74, 6) is -0.604. The van der Waals surface area contributed by atoms with E-state index in [1.54, 1.807) is 30.3 Å². The van der Waals surface area contributed by atoms with Gasteiger partial charge in [-0.05, 0) is 49.0 Å².